The van der Waals surface area contributed by atoms with Crippen LogP contribution < -0.4 is 11.3 Å². The molecule has 0 aliphatic heterocycles. The SMILES string of the molecule is COCc1nc(N)cc(Sc2nc(C)cc(=O)[nH]2)n1. The monoisotopic (exact) mass is 279 g/mol. The van der Waals surface area contributed by atoms with Crippen LogP contribution in [0.1, 0.15) is 11.5 Å². The standard InChI is InChI=1S/C11H13N5O2S/c1-6-3-9(17)16-11(13-6)19-10-4-7(12)14-8(15-10)5-18-2/h3-4H,5H2,1-2H3,(H2,12,14,15)(H,13,16,17). The van der Waals surface area contributed by atoms with Gasteiger partial charge in [0.1, 0.15) is 17.5 Å². The lowest BCUT2D eigenvalue weighted by Gasteiger charge is -2.04. The molecule has 0 fully saturated rings. The Morgan fingerprint density at radius 1 is 1.37 bits per heavy atom. The van der Waals surface area contributed by atoms with Gasteiger partial charge in [0.05, 0.1) is 0 Å². The van der Waals surface area contributed by atoms with Gasteiger partial charge in [-0.3, -0.25) is 4.79 Å². The van der Waals surface area contributed by atoms with Gasteiger partial charge in [0, 0.05) is 24.9 Å². The number of rotatable bonds is 4. The Hall–Kier alpha value is -1.93. The molecule has 0 radical (unpaired) electrons. The summed E-state index contributed by atoms with van der Waals surface area (Å²) in [4.78, 5) is 26.5. The van der Waals surface area contributed by atoms with Gasteiger partial charge in [0.25, 0.3) is 5.56 Å². The summed E-state index contributed by atoms with van der Waals surface area (Å²) >= 11 is 1.22. The maximum atomic E-state index is 11.4. The van der Waals surface area contributed by atoms with E-state index in [0.29, 0.717) is 27.5 Å². The third-order valence-corrected chi connectivity index (χ3v) is 2.90. The Balaban J connectivity index is 2.29. The smallest absolute Gasteiger partial charge is 0.251 e. The third kappa shape index (κ3) is 3.76. The number of nitrogens with two attached hydrogens (primary N) is 1. The second-order valence-electron chi connectivity index (χ2n) is 3.77. The van der Waals surface area contributed by atoms with Crippen LogP contribution >= 0.6 is 11.8 Å². The molecule has 0 aromatic carbocycles. The zero-order chi connectivity index (χ0) is 13.8. The number of aryl methyl sites for hydroxylation is 1. The van der Waals surface area contributed by atoms with E-state index >= 15 is 0 Å². The summed E-state index contributed by atoms with van der Waals surface area (Å²) in [6.45, 7) is 2.03. The lowest BCUT2D eigenvalue weighted by molar-refractivity contribution is 0.177. The molecule has 0 aliphatic carbocycles. The van der Waals surface area contributed by atoms with Crippen LogP contribution in [0.4, 0.5) is 5.82 Å². The van der Waals surface area contributed by atoms with Crippen LogP contribution in [0.2, 0.25) is 0 Å². The number of H-pyrrole nitrogens is 1. The van der Waals surface area contributed by atoms with Crippen LogP contribution in [0, 0.1) is 6.92 Å². The third-order valence-electron chi connectivity index (χ3n) is 2.09. The van der Waals surface area contributed by atoms with E-state index in [1.807, 2.05) is 0 Å². The van der Waals surface area contributed by atoms with Crippen molar-refractivity contribution in [1.29, 1.82) is 0 Å². The quantitative estimate of drug-likeness (QED) is 0.628. The number of anilines is 1. The lowest BCUT2D eigenvalue weighted by Crippen LogP contribution is -2.08. The average molecular weight is 279 g/mol. The summed E-state index contributed by atoms with van der Waals surface area (Å²) in [7, 11) is 1.55. The van der Waals surface area contributed by atoms with Crippen LogP contribution in [0.3, 0.4) is 0 Å². The minimum Gasteiger partial charge on any atom is -0.384 e. The van der Waals surface area contributed by atoms with Gasteiger partial charge in [-0.05, 0) is 18.7 Å². The van der Waals surface area contributed by atoms with Gasteiger partial charge in [0.15, 0.2) is 11.0 Å². The second-order valence-corrected chi connectivity index (χ2v) is 4.78. The average Bonchev–Trinajstić information content (AvgIpc) is 2.26. The van der Waals surface area contributed by atoms with E-state index in [4.69, 9.17) is 10.5 Å². The van der Waals surface area contributed by atoms with Crippen molar-refractivity contribution in [2.75, 3.05) is 12.8 Å². The predicted molar refractivity (Wildman–Crippen MR) is 70.9 cm³/mol. The predicted octanol–water partition coefficient (Wildman–Crippen LogP) is 0.748. The van der Waals surface area contributed by atoms with E-state index in [2.05, 4.69) is 19.9 Å². The minimum absolute atomic E-state index is 0.200. The fourth-order valence-electron chi connectivity index (χ4n) is 1.44. The first-order valence-corrected chi connectivity index (χ1v) is 6.26. The lowest BCUT2D eigenvalue weighted by atomic mass is 10.5. The maximum Gasteiger partial charge on any atom is 0.251 e. The molecule has 7 nitrogen and oxygen atoms in total. The number of ether oxygens (including phenoxy) is 1. The van der Waals surface area contributed by atoms with E-state index in [1.54, 1.807) is 20.1 Å². The fraction of sp³-hybridized carbons (Fsp3) is 0.273. The Morgan fingerprint density at radius 3 is 2.84 bits per heavy atom. The summed E-state index contributed by atoms with van der Waals surface area (Å²) in [5, 5.41) is 1.07. The molecular weight excluding hydrogens is 266 g/mol. The van der Waals surface area contributed by atoms with Crippen molar-refractivity contribution in [3.05, 3.63) is 34.0 Å². The van der Waals surface area contributed by atoms with Gasteiger partial charge in [0.2, 0.25) is 0 Å². The Morgan fingerprint density at radius 2 is 2.16 bits per heavy atom. The summed E-state index contributed by atoms with van der Waals surface area (Å²) in [6, 6.07) is 3.04. The first-order chi connectivity index (χ1) is 9.06. The molecule has 0 spiro atoms. The molecule has 0 amide bonds. The van der Waals surface area contributed by atoms with Crippen LogP contribution in [0.5, 0.6) is 0 Å². The summed E-state index contributed by atoms with van der Waals surface area (Å²) < 4.78 is 4.96. The maximum absolute atomic E-state index is 11.4. The first kappa shape index (κ1) is 13.5. The fourth-order valence-corrected chi connectivity index (χ4v) is 2.31. The van der Waals surface area contributed by atoms with E-state index < -0.39 is 0 Å². The number of hydrogen-bond acceptors (Lipinski definition) is 7. The van der Waals surface area contributed by atoms with Crippen LogP contribution in [0.25, 0.3) is 0 Å². The summed E-state index contributed by atoms with van der Waals surface area (Å²) in [6.07, 6.45) is 0. The largest absolute Gasteiger partial charge is 0.384 e. The molecule has 2 aromatic rings. The van der Waals surface area contributed by atoms with Gasteiger partial charge in [-0.1, -0.05) is 0 Å². The number of methoxy groups -OCH3 is 1. The molecule has 0 saturated heterocycles. The molecule has 8 heteroatoms. The molecule has 0 atom stereocenters. The molecule has 0 aliphatic rings. The zero-order valence-corrected chi connectivity index (χ0v) is 11.3. The highest BCUT2D eigenvalue weighted by atomic mass is 32.2. The van der Waals surface area contributed by atoms with E-state index in [1.165, 1.54) is 17.8 Å². The molecule has 0 saturated carbocycles. The molecule has 0 unspecified atom stereocenters. The van der Waals surface area contributed by atoms with Crippen molar-refractivity contribution in [3.63, 3.8) is 0 Å². The first-order valence-electron chi connectivity index (χ1n) is 5.45. The van der Waals surface area contributed by atoms with Crippen molar-refractivity contribution in [2.24, 2.45) is 0 Å². The Bertz CT molecular complexity index is 643. The van der Waals surface area contributed by atoms with Crippen LogP contribution in [0.15, 0.2) is 27.1 Å². The van der Waals surface area contributed by atoms with E-state index in [-0.39, 0.29) is 12.2 Å². The van der Waals surface area contributed by atoms with Crippen LogP contribution in [-0.4, -0.2) is 27.0 Å². The van der Waals surface area contributed by atoms with E-state index in [9.17, 15) is 4.79 Å². The van der Waals surface area contributed by atoms with Crippen molar-refractivity contribution >= 4 is 17.6 Å². The highest BCUT2D eigenvalue weighted by Crippen LogP contribution is 2.23. The number of hydrogen-bond donors (Lipinski definition) is 2. The van der Waals surface area contributed by atoms with Gasteiger partial charge in [-0.2, -0.15) is 0 Å². The molecular formula is C11H13N5O2S. The molecule has 2 aromatic heterocycles. The number of nitrogens with one attached hydrogen (secondary N) is 1. The number of nitrogen functional groups attached to an aromatic ring is 1. The topological polar surface area (TPSA) is 107 Å². The van der Waals surface area contributed by atoms with Crippen molar-refractivity contribution < 1.29 is 4.74 Å². The van der Waals surface area contributed by atoms with Crippen molar-refractivity contribution in [3.8, 4) is 0 Å². The molecule has 3 N–H and O–H groups in total. The Labute approximate surface area is 113 Å². The van der Waals surface area contributed by atoms with Crippen molar-refractivity contribution in [2.45, 2.75) is 23.7 Å². The van der Waals surface area contributed by atoms with E-state index in [0.717, 1.165) is 0 Å². The highest BCUT2D eigenvalue weighted by Gasteiger charge is 2.07. The summed E-state index contributed by atoms with van der Waals surface area (Å²) in [5.74, 6) is 0.833. The Kier molecular flexibility index (Phi) is 4.13. The summed E-state index contributed by atoms with van der Waals surface area (Å²) in [5.41, 5.74) is 6.13. The normalized spacial score (nSPS) is 10.6. The molecule has 2 rings (SSSR count). The highest BCUT2D eigenvalue weighted by molar-refractivity contribution is 7.99. The van der Waals surface area contributed by atoms with Gasteiger partial charge >= 0.3 is 0 Å². The molecule has 19 heavy (non-hydrogen) atoms. The minimum atomic E-state index is -0.200. The number of aromatic nitrogens is 4. The molecule has 0 bridgehead atoms. The number of aromatic amines is 1. The molecule has 2 heterocycles. The molecule has 100 valence electrons. The second kappa shape index (κ2) is 5.81. The van der Waals surface area contributed by atoms with Crippen LogP contribution in [-0.2, 0) is 11.3 Å². The number of nitrogens with zero attached hydrogens (tertiary/aromatic N) is 3. The zero-order valence-electron chi connectivity index (χ0n) is 10.5. The van der Waals surface area contributed by atoms with Gasteiger partial charge in [-0.15, -0.1) is 0 Å². The van der Waals surface area contributed by atoms with Gasteiger partial charge in [-0.25, -0.2) is 15.0 Å². The van der Waals surface area contributed by atoms with Gasteiger partial charge < -0.3 is 15.5 Å². The van der Waals surface area contributed by atoms with Crippen molar-refractivity contribution in [1.82, 2.24) is 19.9 Å².